The Kier molecular flexibility index (Phi) is 8.32. The molecule has 0 saturated heterocycles. The molecule has 2 unspecified atom stereocenters. The fourth-order valence-corrected chi connectivity index (χ4v) is 4.79. The minimum absolute atomic E-state index is 0.00456. The van der Waals surface area contributed by atoms with E-state index in [2.05, 4.69) is 48.4 Å². The van der Waals surface area contributed by atoms with E-state index in [1.165, 1.54) is 11.6 Å². The second-order valence-electron chi connectivity index (χ2n) is 8.45. The summed E-state index contributed by atoms with van der Waals surface area (Å²) >= 11 is 5.57. The van der Waals surface area contributed by atoms with Crippen molar-refractivity contribution in [3.63, 3.8) is 0 Å². The maximum absolute atomic E-state index is 14.5. The molecule has 0 aromatic heterocycles. The van der Waals surface area contributed by atoms with Crippen molar-refractivity contribution in [2.24, 2.45) is 0 Å². The largest absolute Gasteiger partial charge is 0.493 e. The van der Waals surface area contributed by atoms with Crippen LogP contribution in [-0.2, 0) is 13.0 Å². The third kappa shape index (κ3) is 5.51. The SMILES string of the molecule is CCC(NC(=S)NC(C)C)C1c2cc(OC)c(OC)cc2CCN1Cc1ccccc1F. The lowest BCUT2D eigenvalue weighted by atomic mass is 9.86. The highest BCUT2D eigenvalue weighted by atomic mass is 32.1. The van der Waals surface area contributed by atoms with Gasteiger partial charge in [-0.2, -0.15) is 0 Å². The molecule has 2 aromatic rings. The van der Waals surface area contributed by atoms with Crippen molar-refractivity contribution < 1.29 is 13.9 Å². The number of benzene rings is 2. The minimum atomic E-state index is -0.178. The molecule has 0 saturated carbocycles. The number of methoxy groups -OCH3 is 2. The van der Waals surface area contributed by atoms with E-state index >= 15 is 0 Å². The summed E-state index contributed by atoms with van der Waals surface area (Å²) in [6.45, 7) is 7.60. The molecule has 32 heavy (non-hydrogen) atoms. The summed E-state index contributed by atoms with van der Waals surface area (Å²) in [6, 6.07) is 11.4. The summed E-state index contributed by atoms with van der Waals surface area (Å²) in [5.74, 6) is 1.25. The van der Waals surface area contributed by atoms with Crippen LogP contribution in [-0.4, -0.2) is 42.9 Å². The summed E-state index contributed by atoms with van der Waals surface area (Å²) in [6.07, 6.45) is 1.71. The van der Waals surface area contributed by atoms with E-state index in [0.717, 1.165) is 30.7 Å². The fraction of sp³-hybridized carbons (Fsp3) is 0.480. The summed E-state index contributed by atoms with van der Waals surface area (Å²) in [5, 5.41) is 7.43. The van der Waals surface area contributed by atoms with Crippen LogP contribution in [0.25, 0.3) is 0 Å². The van der Waals surface area contributed by atoms with Crippen LogP contribution in [0.1, 0.15) is 49.9 Å². The normalized spacial score (nSPS) is 16.9. The zero-order valence-corrected chi connectivity index (χ0v) is 20.4. The van der Waals surface area contributed by atoms with Crippen molar-refractivity contribution in [2.45, 2.75) is 58.3 Å². The number of nitrogens with zero attached hydrogens (tertiary/aromatic N) is 1. The lowest BCUT2D eigenvalue weighted by Gasteiger charge is -2.42. The van der Waals surface area contributed by atoms with Gasteiger partial charge in [-0.15, -0.1) is 0 Å². The van der Waals surface area contributed by atoms with Crippen molar-refractivity contribution in [1.29, 1.82) is 0 Å². The molecule has 1 aliphatic rings. The first kappa shape index (κ1) is 24.3. The van der Waals surface area contributed by atoms with E-state index in [1.54, 1.807) is 20.3 Å². The van der Waals surface area contributed by atoms with Gasteiger partial charge < -0.3 is 20.1 Å². The van der Waals surface area contributed by atoms with E-state index in [-0.39, 0.29) is 23.9 Å². The van der Waals surface area contributed by atoms with Crippen LogP contribution in [0.15, 0.2) is 36.4 Å². The Morgan fingerprint density at radius 3 is 2.47 bits per heavy atom. The lowest BCUT2D eigenvalue weighted by Crippen LogP contribution is -2.51. The molecule has 1 heterocycles. The first-order valence-electron chi connectivity index (χ1n) is 11.2. The van der Waals surface area contributed by atoms with Gasteiger partial charge in [0.2, 0.25) is 0 Å². The van der Waals surface area contributed by atoms with Gasteiger partial charge in [-0.05, 0) is 68.2 Å². The van der Waals surface area contributed by atoms with Crippen LogP contribution in [0.3, 0.4) is 0 Å². The summed E-state index contributed by atoms with van der Waals surface area (Å²) in [4.78, 5) is 2.34. The standard InChI is InChI=1S/C25H34FN3O2S/c1-6-21(28-25(32)27-16(2)3)24-19-14-23(31-5)22(30-4)13-17(19)11-12-29(24)15-18-9-7-8-10-20(18)26/h7-10,13-14,16,21,24H,6,11-12,15H2,1-5H3,(H2,27,28,32). The van der Waals surface area contributed by atoms with Crippen LogP contribution in [0, 0.1) is 5.82 Å². The first-order valence-corrected chi connectivity index (χ1v) is 11.6. The van der Waals surface area contributed by atoms with Gasteiger partial charge in [-0.25, -0.2) is 4.39 Å². The van der Waals surface area contributed by atoms with Gasteiger partial charge >= 0.3 is 0 Å². The van der Waals surface area contributed by atoms with Gasteiger partial charge in [0.1, 0.15) is 5.82 Å². The highest BCUT2D eigenvalue weighted by molar-refractivity contribution is 7.80. The van der Waals surface area contributed by atoms with E-state index in [0.29, 0.717) is 23.0 Å². The Bertz CT molecular complexity index is 937. The monoisotopic (exact) mass is 459 g/mol. The fourth-order valence-electron chi connectivity index (χ4n) is 4.40. The number of hydrogen-bond donors (Lipinski definition) is 2. The molecule has 0 aliphatic carbocycles. The summed E-state index contributed by atoms with van der Waals surface area (Å²) < 4.78 is 25.7. The number of thiocarbonyl (C=S) groups is 1. The summed E-state index contributed by atoms with van der Waals surface area (Å²) in [7, 11) is 3.30. The van der Waals surface area contributed by atoms with Crippen LogP contribution in [0.4, 0.5) is 4.39 Å². The first-order chi connectivity index (χ1) is 15.4. The number of hydrogen-bond acceptors (Lipinski definition) is 4. The predicted octanol–water partition coefficient (Wildman–Crippen LogP) is 4.59. The van der Waals surface area contributed by atoms with Crippen molar-refractivity contribution >= 4 is 17.3 Å². The second-order valence-corrected chi connectivity index (χ2v) is 8.86. The highest BCUT2D eigenvalue weighted by Crippen LogP contribution is 2.40. The predicted molar refractivity (Wildman–Crippen MR) is 131 cm³/mol. The molecular weight excluding hydrogens is 425 g/mol. The Morgan fingerprint density at radius 1 is 1.16 bits per heavy atom. The number of ether oxygens (including phenoxy) is 2. The van der Waals surface area contributed by atoms with E-state index in [1.807, 2.05) is 12.1 Å². The average molecular weight is 460 g/mol. The molecule has 7 heteroatoms. The number of nitrogens with one attached hydrogen (secondary N) is 2. The number of rotatable bonds is 8. The third-order valence-electron chi connectivity index (χ3n) is 5.91. The molecule has 2 atom stereocenters. The van der Waals surface area contributed by atoms with Crippen molar-refractivity contribution in [3.05, 3.63) is 58.9 Å². The topological polar surface area (TPSA) is 45.8 Å². The Labute approximate surface area is 196 Å². The van der Waals surface area contributed by atoms with E-state index in [9.17, 15) is 4.39 Å². The molecule has 0 radical (unpaired) electrons. The van der Waals surface area contributed by atoms with E-state index in [4.69, 9.17) is 21.7 Å². The van der Waals surface area contributed by atoms with Gasteiger partial charge in [0.05, 0.1) is 20.3 Å². The number of fused-ring (bicyclic) bond motifs is 1. The molecule has 0 amide bonds. The Morgan fingerprint density at radius 2 is 1.84 bits per heavy atom. The van der Waals surface area contributed by atoms with Crippen LogP contribution in [0.5, 0.6) is 11.5 Å². The van der Waals surface area contributed by atoms with Crippen molar-refractivity contribution in [3.8, 4) is 11.5 Å². The zero-order valence-electron chi connectivity index (χ0n) is 19.6. The van der Waals surface area contributed by atoms with E-state index < -0.39 is 0 Å². The van der Waals surface area contributed by atoms with Gasteiger partial charge in [-0.1, -0.05) is 25.1 Å². The van der Waals surface area contributed by atoms with Crippen LogP contribution in [0.2, 0.25) is 0 Å². The molecule has 1 aliphatic heterocycles. The molecule has 0 fully saturated rings. The lowest BCUT2D eigenvalue weighted by molar-refractivity contribution is 0.140. The molecule has 2 N–H and O–H groups in total. The summed E-state index contributed by atoms with van der Waals surface area (Å²) in [5.41, 5.74) is 3.08. The van der Waals surface area contributed by atoms with Crippen molar-refractivity contribution in [1.82, 2.24) is 15.5 Å². The quantitative estimate of drug-likeness (QED) is 0.563. The Balaban J connectivity index is 2.02. The van der Waals surface area contributed by atoms with Crippen molar-refractivity contribution in [2.75, 3.05) is 20.8 Å². The number of halogens is 1. The molecule has 0 bridgehead atoms. The van der Waals surface area contributed by atoms with Gasteiger partial charge in [0.15, 0.2) is 16.6 Å². The molecule has 3 rings (SSSR count). The van der Waals surface area contributed by atoms with Gasteiger partial charge in [-0.3, -0.25) is 4.90 Å². The zero-order chi connectivity index (χ0) is 23.3. The average Bonchev–Trinajstić information content (AvgIpc) is 2.77. The maximum Gasteiger partial charge on any atom is 0.166 e. The second kappa shape index (κ2) is 11.0. The van der Waals surface area contributed by atoms with Gasteiger partial charge in [0.25, 0.3) is 0 Å². The molecule has 5 nitrogen and oxygen atoms in total. The highest BCUT2D eigenvalue weighted by Gasteiger charge is 2.35. The Hall–Kier alpha value is -2.38. The third-order valence-corrected chi connectivity index (χ3v) is 6.15. The minimum Gasteiger partial charge on any atom is -0.493 e. The van der Waals surface area contributed by atoms with Gasteiger partial charge in [0, 0.05) is 30.7 Å². The molecule has 174 valence electrons. The molecular formula is C25H34FN3O2S. The maximum atomic E-state index is 14.5. The molecule has 2 aromatic carbocycles. The van der Waals surface area contributed by atoms with Crippen LogP contribution >= 0.6 is 12.2 Å². The molecule has 0 spiro atoms. The van der Waals surface area contributed by atoms with Crippen LogP contribution < -0.4 is 20.1 Å². The smallest absolute Gasteiger partial charge is 0.166 e.